The quantitative estimate of drug-likeness (QED) is 0.679. The highest BCUT2D eigenvalue weighted by molar-refractivity contribution is 5.81. The van der Waals surface area contributed by atoms with E-state index in [2.05, 4.69) is 42.0 Å². The molecule has 0 bridgehead atoms. The second kappa shape index (κ2) is 8.84. The molecule has 4 heterocycles. The standard InChI is InChI=1S/C16H17N5.C5H10O2/c1-3-18-15(21-7-5-17-6-8-21)10-12(1)14-9-13-2-4-19-16(13)20-11-14;1-5(2,3)7-4-6/h1-4,9-11,17H,5-8H2,(H,19,20);4H,1-3H3. The molecule has 0 atom stereocenters. The summed E-state index contributed by atoms with van der Waals surface area (Å²) in [5.41, 5.74) is 2.90. The summed E-state index contributed by atoms with van der Waals surface area (Å²) in [6.07, 6.45) is 5.71. The predicted molar refractivity (Wildman–Crippen MR) is 111 cm³/mol. The van der Waals surface area contributed by atoms with Crippen LogP contribution in [0.25, 0.3) is 22.2 Å². The zero-order valence-corrected chi connectivity index (χ0v) is 16.6. The lowest BCUT2D eigenvalue weighted by Crippen LogP contribution is -2.43. The van der Waals surface area contributed by atoms with Gasteiger partial charge in [-0.1, -0.05) is 0 Å². The van der Waals surface area contributed by atoms with E-state index in [-0.39, 0.29) is 5.60 Å². The lowest BCUT2D eigenvalue weighted by atomic mass is 10.1. The van der Waals surface area contributed by atoms with E-state index in [9.17, 15) is 4.79 Å². The molecule has 1 saturated heterocycles. The van der Waals surface area contributed by atoms with Gasteiger partial charge in [0.1, 0.15) is 17.1 Å². The van der Waals surface area contributed by atoms with Gasteiger partial charge in [-0.15, -0.1) is 0 Å². The minimum atomic E-state index is -0.318. The first-order chi connectivity index (χ1) is 13.5. The number of carbonyl (C=O) groups excluding carboxylic acids is 1. The molecule has 0 spiro atoms. The van der Waals surface area contributed by atoms with Crippen molar-refractivity contribution in [2.45, 2.75) is 26.4 Å². The molecule has 7 heteroatoms. The van der Waals surface area contributed by atoms with Crippen molar-refractivity contribution in [2.24, 2.45) is 0 Å². The van der Waals surface area contributed by atoms with Crippen LogP contribution >= 0.6 is 0 Å². The van der Waals surface area contributed by atoms with Crippen LogP contribution in [0.15, 0.2) is 42.9 Å². The number of ether oxygens (including phenoxy) is 1. The zero-order chi connectivity index (χ0) is 20.0. The van der Waals surface area contributed by atoms with Crippen LogP contribution in [0.4, 0.5) is 5.82 Å². The Morgan fingerprint density at radius 1 is 1.11 bits per heavy atom. The number of rotatable bonds is 3. The normalized spacial score (nSPS) is 14.3. The van der Waals surface area contributed by atoms with Crippen LogP contribution in [0.2, 0.25) is 0 Å². The molecule has 1 aliphatic heterocycles. The second-order valence-corrected chi connectivity index (χ2v) is 7.61. The fourth-order valence-corrected chi connectivity index (χ4v) is 2.91. The lowest BCUT2D eigenvalue weighted by molar-refractivity contribution is -0.138. The zero-order valence-electron chi connectivity index (χ0n) is 16.6. The summed E-state index contributed by atoms with van der Waals surface area (Å²) in [7, 11) is 0. The van der Waals surface area contributed by atoms with Gasteiger partial charge in [0.05, 0.1) is 0 Å². The Morgan fingerprint density at radius 3 is 2.57 bits per heavy atom. The van der Waals surface area contributed by atoms with Crippen LogP contribution in [0.5, 0.6) is 0 Å². The molecule has 1 aliphatic rings. The third-order valence-corrected chi connectivity index (χ3v) is 4.32. The molecule has 4 rings (SSSR count). The van der Waals surface area contributed by atoms with Gasteiger partial charge in [0.15, 0.2) is 0 Å². The number of H-pyrrole nitrogens is 1. The van der Waals surface area contributed by atoms with E-state index < -0.39 is 0 Å². The Kier molecular flexibility index (Phi) is 6.26. The van der Waals surface area contributed by atoms with Crippen LogP contribution < -0.4 is 10.2 Å². The van der Waals surface area contributed by atoms with Gasteiger partial charge in [-0.25, -0.2) is 9.97 Å². The molecular formula is C21H27N5O2. The highest BCUT2D eigenvalue weighted by Crippen LogP contribution is 2.25. The maximum absolute atomic E-state index is 9.60. The van der Waals surface area contributed by atoms with Crippen LogP contribution in [-0.2, 0) is 9.53 Å². The summed E-state index contributed by atoms with van der Waals surface area (Å²) < 4.78 is 4.55. The largest absolute Gasteiger partial charge is 0.462 e. The molecular weight excluding hydrogens is 354 g/mol. The lowest BCUT2D eigenvalue weighted by Gasteiger charge is -2.28. The number of nitrogens with zero attached hydrogens (tertiary/aromatic N) is 3. The molecule has 1 fully saturated rings. The minimum absolute atomic E-state index is 0.318. The summed E-state index contributed by atoms with van der Waals surface area (Å²) in [4.78, 5) is 24.0. The molecule has 0 saturated carbocycles. The van der Waals surface area contributed by atoms with Crippen molar-refractivity contribution in [2.75, 3.05) is 31.1 Å². The number of aromatic nitrogens is 3. The van der Waals surface area contributed by atoms with Gasteiger partial charge in [0, 0.05) is 55.7 Å². The van der Waals surface area contributed by atoms with Crippen molar-refractivity contribution < 1.29 is 9.53 Å². The molecule has 3 aromatic heterocycles. The maximum atomic E-state index is 9.60. The molecule has 3 aromatic rings. The van der Waals surface area contributed by atoms with Crippen LogP contribution in [-0.4, -0.2) is 53.2 Å². The van der Waals surface area contributed by atoms with Gasteiger partial charge in [-0.2, -0.15) is 0 Å². The van der Waals surface area contributed by atoms with Crippen molar-refractivity contribution in [3.8, 4) is 11.1 Å². The Labute approximate surface area is 165 Å². The first kappa shape index (κ1) is 19.8. The second-order valence-electron chi connectivity index (χ2n) is 7.61. The summed E-state index contributed by atoms with van der Waals surface area (Å²) in [5, 5.41) is 4.50. The fourth-order valence-electron chi connectivity index (χ4n) is 2.91. The van der Waals surface area contributed by atoms with E-state index in [0.717, 1.165) is 54.2 Å². The van der Waals surface area contributed by atoms with Gasteiger partial charge >= 0.3 is 0 Å². The molecule has 0 aromatic carbocycles. The van der Waals surface area contributed by atoms with Crippen molar-refractivity contribution in [3.63, 3.8) is 0 Å². The number of carbonyl (C=O) groups is 1. The van der Waals surface area contributed by atoms with Gasteiger partial charge in [-0.3, -0.25) is 4.79 Å². The third-order valence-electron chi connectivity index (χ3n) is 4.32. The SMILES string of the molecule is CC(C)(C)OC=O.c1cc(-c2cnc3[nH]ccc3c2)cc(N2CCNCC2)n1. The van der Waals surface area contributed by atoms with Gasteiger partial charge in [0.25, 0.3) is 6.47 Å². The summed E-state index contributed by atoms with van der Waals surface area (Å²) in [5.74, 6) is 1.04. The fraction of sp³-hybridized carbons (Fsp3) is 0.381. The molecule has 7 nitrogen and oxygen atoms in total. The number of anilines is 1. The van der Waals surface area contributed by atoms with Gasteiger partial charge < -0.3 is 19.9 Å². The molecule has 148 valence electrons. The number of nitrogens with one attached hydrogen (secondary N) is 2. The van der Waals surface area contributed by atoms with Crippen molar-refractivity contribution in [3.05, 3.63) is 42.9 Å². The number of aromatic amines is 1. The van der Waals surface area contributed by atoms with Crippen LogP contribution in [0.1, 0.15) is 20.8 Å². The molecule has 0 radical (unpaired) electrons. The third kappa shape index (κ3) is 5.29. The van der Waals surface area contributed by atoms with E-state index in [1.165, 1.54) is 0 Å². The predicted octanol–water partition coefficient (Wildman–Crippen LogP) is 2.99. The van der Waals surface area contributed by atoms with E-state index in [0.29, 0.717) is 6.47 Å². The maximum Gasteiger partial charge on any atom is 0.293 e. The minimum Gasteiger partial charge on any atom is -0.462 e. The number of hydrogen-bond donors (Lipinski definition) is 2. The molecule has 28 heavy (non-hydrogen) atoms. The van der Waals surface area contributed by atoms with E-state index in [4.69, 9.17) is 0 Å². The molecule has 0 aliphatic carbocycles. The van der Waals surface area contributed by atoms with E-state index in [1.54, 1.807) is 0 Å². The van der Waals surface area contributed by atoms with Gasteiger partial charge in [-0.05, 0) is 50.6 Å². The summed E-state index contributed by atoms with van der Waals surface area (Å²) >= 11 is 0. The average molecular weight is 381 g/mol. The Hall–Kier alpha value is -2.93. The topological polar surface area (TPSA) is 83.1 Å². The number of hydrogen-bond acceptors (Lipinski definition) is 6. The first-order valence-corrected chi connectivity index (χ1v) is 9.43. The smallest absolute Gasteiger partial charge is 0.293 e. The molecule has 0 amide bonds. The highest BCUT2D eigenvalue weighted by Gasteiger charge is 2.12. The summed E-state index contributed by atoms with van der Waals surface area (Å²) in [6, 6.07) is 8.40. The van der Waals surface area contributed by atoms with Gasteiger partial charge in [0.2, 0.25) is 0 Å². The van der Waals surface area contributed by atoms with Crippen molar-refractivity contribution in [1.29, 1.82) is 0 Å². The average Bonchev–Trinajstić information content (AvgIpc) is 3.16. The highest BCUT2D eigenvalue weighted by atomic mass is 16.5. The Morgan fingerprint density at radius 2 is 1.89 bits per heavy atom. The van der Waals surface area contributed by atoms with Crippen molar-refractivity contribution >= 4 is 23.3 Å². The van der Waals surface area contributed by atoms with Crippen LogP contribution in [0.3, 0.4) is 0 Å². The summed E-state index contributed by atoms with van der Waals surface area (Å²) in [6.45, 7) is 9.97. The molecule has 2 N–H and O–H groups in total. The number of piperazine rings is 1. The van der Waals surface area contributed by atoms with Crippen LogP contribution in [0, 0.1) is 0 Å². The monoisotopic (exact) mass is 381 g/mol. The number of pyridine rings is 2. The Balaban J connectivity index is 0.000000279. The van der Waals surface area contributed by atoms with Crippen molar-refractivity contribution in [1.82, 2.24) is 20.3 Å². The first-order valence-electron chi connectivity index (χ1n) is 9.43. The van der Waals surface area contributed by atoms with E-state index >= 15 is 0 Å². The molecule has 0 unspecified atom stereocenters. The Bertz CT molecular complexity index is 910. The number of fused-ring (bicyclic) bond motifs is 1. The van der Waals surface area contributed by atoms with E-state index in [1.807, 2.05) is 51.5 Å².